The monoisotopic (exact) mass is 255 g/mol. The summed E-state index contributed by atoms with van der Waals surface area (Å²) in [6.07, 6.45) is 3.50. The maximum Gasteiger partial charge on any atom is 0.252 e. The van der Waals surface area contributed by atoms with Crippen LogP contribution in [0.15, 0.2) is 60.9 Å². The number of hydrogen-bond donors (Lipinski definition) is 0. The summed E-state index contributed by atoms with van der Waals surface area (Å²) in [6.45, 7) is 0. The molecule has 0 radical (unpaired) electrons. The number of pyridine rings is 1. The van der Waals surface area contributed by atoms with Gasteiger partial charge in [-0.3, -0.25) is 9.78 Å². The largest absolute Gasteiger partial charge is 0.276 e. The highest BCUT2D eigenvalue weighted by atomic mass is 35.5. The first-order chi connectivity index (χ1) is 7.30. The molecule has 2 rings (SSSR count). The fourth-order valence-electron chi connectivity index (χ4n) is 0.882. The third kappa shape index (κ3) is 6.17. The van der Waals surface area contributed by atoms with E-state index < -0.39 is 5.24 Å². The van der Waals surface area contributed by atoms with Crippen LogP contribution >= 0.6 is 24.0 Å². The zero-order chi connectivity index (χ0) is 10.9. The van der Waals surface area contributed by atoms with E-state index in [0.29, 0.717) is 5.56 Å². The van der Waals surface area contributed by atoms with Crippen LogP contribution in [-0.2, 0) is 0 Å². The molecular formula is C12H11Cl2NO. The number of benzene rings is 1. The van der Waals surface area contributed by atoms with Crippen LogP contribution in [0.25, 0.3) is 0 Å². The van der Waals surface area contributed by atoms with Gasteiger partial charge >= 0.3 is 0 Å². The van der Waals surface area contributed by atoms with Crippen molar-refractivity contribution in [2.45, 2.75) is 0 Å². The van der Waals surface area contributed by atoms with Crippen molar-refractivity contribution < 1.29 is 4.79 Å². The standard InChI is InChI=1S/C7H5ClO.C5H5N.ClH/c8-7(9)6-4-2-1-3-5-6;1-2-4-6-5-3-1;/h1-5H;1-5H;1H. The SMILES string of the molecule is Cl.O=C(Cl)c1ccccc1.c1ccncc1. The zero-order valence-corrected chi connectivity index (χ0v) is 9.99. The van der Waals surface area contributed by atoms with Crippen LogP contribution in [0.4, 0.5) is 0 Å². The Bertz CT molecular complexity index is 366. The average molecular weight is 256 g/mol. The second kappa shape index (κ2) is 8.89. The van der Waals surface area contributed by atoms with E-state index in [1.165, 1.54) is 0 Å². The van der Waals surface area contributed by atoms with Crippen molar-refractivity contribution in [1.82, 2.24) is 4.98 Å². The van der Waals surface area contributed by atoms with E-state index in [0.717, 1.165) is 0 Å². The second-order valence-corrected chi connectivity index (χ2v) is 3.01. The molecule has 4 heteroatoms. The van der Waals surface area contributed by atoms with Crippen LogP contribution < -0.4 is 0 Å². The Morgan fingerprint density at radius 3 is 1.69 bits per heavy atom. The molecule has 84 valence electrons. The lowest BCUT2D eigenvalue weighted by Crippen LogP contribution is -1.84. The minimum Gasteiger partial charge on any atom is -0.276 e. The van der Waals surface area contributed by atoms with Crippen molar-refractivity contribution in [2.24, 2.45) is 0 Å². The molecule has 2 aromatic rings. The summed E-state index contributed by atoms with van der Waals surface area (Å²) in [5, 5.41) is -0.407. The molecule has 2 nitrogen and oxygen atoms in total. The first-order valence-electron chi connectivity index (χ1n) is 4.40. The Morgan fingerprint density at radius 1 is 0.938 bits per heavy atom. The van der Waals surface area contributed by atoms with Crippen LogP contribution in [0.1, 0.15) is 10.4 Å². The van der Waals surface area contributed by atoms with Gasteiger partial charge in [0.05, 0.1) is 0 Å². The Kier molecular flexibility index (Phi) is 8.12. The quantitative estimate of drug-likeness (QED) is 0.730. The van der Waals surface area contributed by atoms with Gasteiger partial charge in [-0.05, 0) is 23.7 Å². The normalized spacial score (nSPS) is 8.06. The molecule has 0 saturated carbocycles. The molecule has 0 N–H and O–H groups in total. The van der Waals surface area contributed by atoms with E-state index >= 15 is 0 Å². The maximum absolute atomic E-state index is 10.4. The fourth-order valence-corrected chi connectivity index (χ4v) is 1.01. The van der Waals surface area contributed by atoms with Gasteiger partial charge in [-0.2, -0.15) is 0 Å². The molecule has 0 fully saturated rings. The third-order valence-electron chi connectivity index (χ3n) is 1.57. The third-order valence-corrected chi connectivity index (χ3v) is 1.79. The Hall–Kier alpha value is -1.38. The molecule has 0 amide bonds. The molecule has 0 aliphatic rings. The number of halogens is 2. The van der Waals surface area contributed by atoms with Crippen molar-refractivity contribution in [3.05, 3.63) is 66.5 Å². The highest BCUT2D eigenvalue weighted by Gasteiger charge is 1.95. The highest BCUT2D eigenvalue weighted by Crippen LogP contribution is 2.01. The van der Waals surface area contributed by atoms with Crippen molar-refractivity contribution in [3.63, 3.8) is 0 Å². The lowest BCUT2D eigenvalue weighted by molar-refractivity contribution is 0.108. The van der Waals surface area contributed by atoms with Crippen molar-refractivity contribution in [1.29, 1.82) is 0 Å². The van der Waals surface area contributed by atoms with Crippen LogP contribution in [0.3, 0.4) is 0 Å². The predicted octanol–water partition coefficient (Wildman–Crippen LogP) is 3.57. The van der Waals surface area contributed by atoms with Gasteiger partial charge in [0.2, 0.25) is 0 Å². The van der Waals surface area contributed by atoms with Gasteiger partial charge < -0.3 is 0 Å². The molecule has 0 unspecified atom stereocenters. The predicted molar refractivity (Wildman–Crippen MR) is 68.1 cm³/mol. The van der Waals surface area contributed by atoms with E-state index in [9.17, 15) is 4.79 Å². The minimum atomic E-state index is -0.407. The van der Waals surface area contributed by atoms with Crippen molar-refractivity contribution in [3.8, 4) is 0 Å². The van der Waals surface area contributed by atoms with Crippen LogP contribution in [-0.4, -0.2) is 10.2 Å². The number of rotatable bonds is 1. The Morgan fingerprint density at radius 2 is 1.44 bits per heavy atom. The second-order valence-electron chi connectivity index (χ2n) is 2.66. The lowest BCUT2D eigenvalue weighted by atomic mass is 10.2. The molecule has 0 aliphatic heterocycles. The molecule has 1 aromatic carbocycles. The average Bonchev–Trinajstić information content (AvgIpc) is 2.33. The Balaban J connectivity index is 0.000000283. The van der Waals surface area contributed by atoms with E-state index in [1.807, 2.05) is 24.3 Å². The van der Waals surface area contributed by atoms with Crippen LogP contribution in [0, 0.1) is 0 Å². The summed E-state index contributed by atoms with van der Waals surface area (Å²) in [6, 6.07) is 14.5. The molecule has 0 spiro atoms. The Labute approximate surface area is 106 Å². The van der Waals surface area contributed by atoms with Gasteiger partial charge in [0, 0.05) is 18.0 Å². The van der Waals surface area contributed by atoms with E-state index in [4.69, 9.17) is 11.6 Å². The number of carbonyl (C=O) groups is 1. The fraction of sp³-hybridized carbons (Fsp3) is 0. The lowest BCUT2D eigenvalue weighted by Gasteiger charge is -1.87. The van der Waals surface area contributed by atoms with Crippen molar-refractivity contribution >= 4 is 29.3 Å². The van der Waals surface area contributed by atoms with Gasteiger partial charge in [-0.1, -0.05) is 36.4 Å². The van der Waals surface area contributed by atoms with Gasteiger partial charge in [0.15, 0.2) is 0 Å². The maximum atomic E-state index is 10.4. The molecule has 0 aliphatic carbocycles. The smallest absolute Gasteiger partial charge is 0.252 e. The van der Waals surface area contributed by atoms with Crippen molar-refractivity contribution in [2.75, 3.05) is 0 Å². The topological polar surface area (TPSA) is 30.0 Å². The molecule has 16 heavy (non-hydrogen) atoms. The van der Waals surface area contributed by atoms with E-state index in [1.54, 1.807) is 36.7 Å². The molecular weight excluding hydrogens is 245 g/mol. The summed E-state index contributed by atoms with van der Waals surface area (Å²) < 4.78 is 0. The minimum absolute atomic E-state index is 0. The molecule has 0 bridgehead atoms. The number of aromatic nitrogens is 1. The molecule has 0 atom stereocenters. The number of nitrogens with zero attached hydrogens (tertiary/aromatic N) is 1. The van der Waals surface area contributed by atoms with Crippen LogP contribution in [0.5, 0.6) is 0 Å². The zero-order valence-electron chi connectivity index (χ0n) is 8.42. The number of hydrogen-bond acceptors (Lipinski definition) is 2. The van der Waals surface area contributed by atoms with E-state index in [-0.39, 0.29) is 12.4 Å². The highest BCUT2D eigenvalue weighted by molar-refractivity contribution is 6.67. The summed E-state index contributed by atoms with van der Waals surface area (Å²) >= 11 is 5.16. The summed E-state index contributed by atoms with van der Waals surface area (Å²) in [4.78, 5) is 14.2. The summed E-state index contributed by atoms with van der Waals surface area (Å²) in [7, 11) is 0. The summed E-state index contributed by atoms with van der Waals surface area (Å²) in [5.74, 6) is 0. The van der Waals surface area contributed by atoms with Crippen LogP contribution in [0.2, 0.25) is 0 Å². The van der Waals surface area contributed by atoms with Gasteiger partial charge in [-0.15, -0.1) is 12.4 Å². The summed E-state index contributed by atoms with van der Waals surface area (Å²) in [5.41, 5.74) is 0.541. The van der Waals surface area contributed by atoms with Gasteiger partial charge in [0.25, 0.3) is 5.24 Å². The van der Waals surface area contributed by atoms with Gasteiger partial charge in [0.1, 0.15) is 0 Å². The first kappa shape index (κ1) is 14.6. The van der Waals surface area contributed by atoms with Gasteiger partial charge in [-0.25, -0.2) is 0 Å². The molecule has 1 aromatic heterocycles. The molecule has 1 heterocycles. The van der Waals surface area contributed by atoms with E-state index in [2.05, 4.69) is 4.98 Å². The molecule has 0 saturated heterocycles. The first-order valence-corrected chi connectivity index (χ1v) is 4.78. The number of carbonyl (C=O) groups excluding carboxylic acids is 1.